The predicted molar refractivity (Wildman–Crippen MR) is 171 cm³/mol. The predicted octanol–water partition coefficient (Wildman–Crippen LogP) is 5.89. The number of hydrogen-bond donors (Lipinski definition) is 4. The lowest BCUT2D eigenvalue weighted by atomic mass is 9.44. The Morgan fingerprint density at radius 3 is 2.27 bits per heavy atom. The van der Waals surface area contributed by atoms with Crippen LogP contribution in [0.1, 0.15) is 117 Å². The lowest BCUT2D eigenvalue weighted by molar-refractivity contribution is -0.141. The Morgan fingerprint density at radius 1 is 0.854 bits per heavy atom. The summed E-state index contributed by atoms with van der Waals surface area (Å²) in [6, 6.07) is 0.726. The molecule has 0 aliphatic heterocycles. The van der Waals surface area contributed by atoms with Gasteiger partial charge in [0.15, 0.2) is 0 Å². The minimum absolute atomic E-state index is 0.0398. The number of unbranched alkanes of at least 4 members (excludes halogenated alkanes) is 1. The van der Waals surface area contributed by atoms with Crippen LogP contribution in [0.3, 0.4) is 0 Å². The molecule has 5 N–H and O–H groups in total. The van der Waals surface area contributed by atoms with E-state index in [1.54, 1.807) is 0 Å². The van der Waals surface area contributed by atoms with E-state index in [0.29, 0.717) is 23.2 Å². The zero-order valence-electron chi connectivity index (χ0n) is 27.3. The Hall–Kier alpha value is -0.690. The summed E-state index contributed by atoms with van der Waals surface area (Å²) >= 11 is 0. The van der Waals surface area contributed by atoms with Crippen molar-refractivity contribution in [1.82, 2.24) is 16.0 Å². The van der Waals surface area contributed by atoms with Crippen LogP contribution in [0.25, 0.3) is 0 Å². The minimum atomic E-state index is -0.0398. The fraction of sp³-hybridized carbons (Fsp3) is 0.971. The molecule has 4 aliphatic carbocycles. The lowest BCUT2D eigenvalue weighted by Crippen LogP contribution is -2.55. The molecule has 0 radical (unpaired) electrons. The molecule has 238 valence electrons. The van der Waals surface area contributed by atoms with Crippen LogP contribution in [-0.4, -0.2) is 58.4 Å². The summed E-state index contributed by atoms with van der Waals surface area (Å²) in [7, 11) is 1.52. The molecule has 4 fully saturated rings. The molecule has 4 saturated carbocycles. The van der Waals surface area contributed by atoms with E-state index < -0.39 is 0 Å². The third-order valence-electron chi connectivity index (χ3n) is 12.9. The first-order chi connectivity index (χ1) is 19.8. The molecule has 0 aromatic carbocycles. The van der Waals surface area contributed by atoms with E-state index in [9.17, 15) is 4.79 Å². The smallest absolute Gasteiger partial charge is 0.305 e. The third-order valence-corrected chi connectivity index (χ3v) is 12.9. The maximum Gasteiger partial charge on any atom is 0.305 e. The standard InChI is InChI=1S/C35H66N4O2/c1-26(9-14-33(40)41-4)30-12-13-31-29-11-10-27-25-28(15-17-34(27,2)32(29)16-18-35(30,31)3)39-24-8-23-38-21-6-5-20-37-22-7-19-36/h26-32,37-39H,5-25,36H2,1-4H3/t26?,27?,28-,29?,30?,31?,32?,34?,35?/m0/s1. The molecular weight excluding hydrogens is 508 g/mol. The number of carbonyl (C=O) groups excluding carboxylic acids is 1. The summed E-state index contributed by atoms with van der Waals surface area (Å²) in [5, 5.41) is 11.1. The molecule has 0 saturated heterocycles. The van der Waals surface area contributed by atoms with Gasteiger partial charge in [0.1, 0.15) is 0 Å². The Kier molecular flexibility index (Phi) is 12.8. The van der Waals surface area contributed by atoms with Crippen molar-refractivity contribution in [2.75, 3.05) is 46.4 Å². The van der Waals surface area contributed by atoms with Gasteiger partial charge in [-0.1, -0.05) is 20.8 Å². The number of rotatable bonds is 17. The van der Waals surface area contributed by atoms with Crippen LogP contribution in [0.15, 0.2) is 0 Å². The summed E-state index contributed by atoms with van der Waals surface area (Å²) in [4.78, 5) is 11.8. The molecule has 0 heterocycles. The monoisotopic (exact) mass is 575 g/mol. The van der Waals surface area contributed by atoms with Crippen molar-refractivity contribution in [3.63, 3.8) is 0 Å². The van der Waals surface area contributed by atoms with Gasteiger partial charge in [-0.2, -0.15) is 0 Å². The highest BCUT2D eigenvalue weighted by Gasteiger charge is 2.60. The Labute approximate surface area is 252 Å². The highest BCUT2D eigenvalue weighted by atomic mass is 16.5. The third kappa shape index (κ3) is 8.08. The van der Waals surface area contributed by atoms with Crippen molar-refractivity contribution in [2.24, 2.45) is 52.1 Å². The van der Waals surface area contributed by atoms with Crippen LogP contribution >= 0.6 is 0 Å². The summed E-state index contributed by atoms with van der Waals surface area (Å²) in [6.07, 6.45) is 19.2. The van der Waals surface area contributed by atoms with Gasteiger partial charge in [0, 0.05) is 12.5 Å². The van der Waals surface area contributed by atoms with Gasteiger partial charge in [0.05, 0.1) is 7.11 Å². The molecule has 0 amide bonds. The fourth-order valence-corrected chi connectivity index (χ4v) is 10.6. The van der Waals surface area contributed by atoms with E-state index >= 15 is 0 Å². The Bertz CT molecular complexity index is 794. The van der Waals surface area contributed by atoms with E-state index in [2.05, 4.69) is 36.7 Å². The number of hydrogen-bond acceptors (Lipinski definition) is 6. The molecule has 6 nitrogen and oxygen atoms in total. The van der Waals surface area contributed by atoms with Crippen LogP contribution in [0.5, 0.6) is 0 Å². The van der Waals surface area contributed by atoms with Gasteiger partial charge in [0.25, 0.3) is 0 Å². The normalized spacial score (nSPS) is 37.2. The van der Waals surface area contributed by atoms with Crippen LogP contribution in [0.2, 0.25) is 0 Å². The first-order valence-corrected chi connectivity index (χ1v) is 17.7. The molecule has 41 heavy (non-hydrogen) atoms. The van der Waals surface area contributed by atoms with Crippen LogP contribution in [0.4, 0.5) is 0 Å². The van der Waals surface area contributed by atoms with E-state index in [-0.39, 0.29) is 5.97 Å². The highest BCUT2D eigenvalue weighted by molar-refractivity contribution is 5.69. The van der Waals surface area contributed by atoms with Gasteiger partial charge in [-0.05, 0) is 175 Å². The van der Waals surface area contributed by atoms with E-state index in [4.69, 9.17) is 10.5 Å². The Morgan fingerprint density at radius 2 is 1.54 bits per heavy atom. The highest BCUT2D eigenvalue weighted by Crippen LogP contribution is 2.68. The Balaban J connectivity index is 1.16. The maximum atomic E-state index is 11.8. The van der Waals surface area contributed by atoms with Gasteiger partial charge in [-0.15, -0.1) is 0 Å². The number of nitrogens with two attached hydrogens (primary N) is 1. The van der Waals surface area contributed by atoms with Crippen LogP contribution in [0, 0.1) is 46.3 Å². The average Bonchev–Trinajstić information content (AvgIpc) is 3.33. The molecular formula is C35H66N4O2. The second-order valence-corrected chi connectivity index (χ2v) is 15.1. The van der Waals surface area contributed by atoms with Crippen molar-refractivity contribution in [3.05, 3.63) is 0 Å². The second-order valence-electron chi connectivity index (χ2n) is 15.1. The fourth-order valence-electron chi connectivity index (χ4n) is 10.6. The molecule has 9 atom stereocenters. The summed E-state index contributed by atoms with van der Waals surface area (Å²) in [5.74, 6) is 5.05. The number of nitrogens with one attached hydrogen (secondary N) is 3. The van der Waals surface area contributed by atoms with E-state index in [0.717, 1.165) is 87.7 Å². The number of ether oxygens (including phenoxy) is 1. The molecule has 8 unspecified atom stereocenters. The van der Waals surface area contributed by atoms with Crippen molar-refractivity contribution >= 4 is 5.97 Å². The molecule has 0 aromatic rings. The minimum Gasteiger partial charge on any atom is -0.469 e. The molecule has 6 heteroatoms. The van der Waals surface area contributed by atoms with Crippen LogP contribution < -0.4 is 21.7 Å². The van der Waals surface area contributed by atoms with Gasteiger partial charge in [-0.3, -0.25) is 4.79 Å². The lowest BCUT2D eigenvalue weighted by Gasteiger charge is -2.61. The average molecular weight is 575 g/mol. The van der Waals surface area contributed by atoms with Crippen molar-refractivity contribution < 1.29 is 9.53 Å². The maximum absolute atomic E-state index is 11.8. The first kappa shape index (κ1) is 33.2. The summed E-state index contributed by atoms with van der Waals surface area (Å²) in [5.41, 5.74) is 6.57. The quantitative estimate of drug-likeness (QED) is 0.128. The first-order valence-electron chi connectivity index (χ1n) is 17.7. The van der Waals surface area contributed by atoms with E-state index in [1.807, 2.05) is 0 Å². The topological polar surface area (TPSA) is 88.4 Å². The van der Waals surface area contributed by atoms with Gasteiger partial charge < -0.3 is 26.4 Å². The van der Waals surface area contributed by atoms with Crippen LogP contribution in [-0.2, 0) is 9.53 Å². The number of esters is 1. The van der Waals surface area contributed by atoms with Gasteiger partial charge >= 0.3 is 5.97 Å². The zero-order chi connectivity index (χ0) is 29.3. The van der Waals surface area contributed by atoms with Crippen molar-refractivity contribution in [3.8, 4) is 0 Å². The van der Waals surface area contributed by atoms with Crippen molar-refractivity contribution in [1.29, 1.82) is 0 Å². The largest absolute Gasteiger partial charge is 0.469 e. The molecule has 4 aliphatic rings. The van der Waals surface area contributed by atoms with Crippen molar-refractivity contribution in [2.45, 2.75) is 123 Å². The summed E-state index contributed by atoms with van der Waals surface area (Å²) in [6.45, 7) is 14.1. The number of carbonyl (C=O) groups is 1. The SMILES string of the molecule is COC(=O)CCC(C)C1CCC2C3CCC4C[C@@H](NCCCNCCCCNCCCN)CCC4(C)C3CCC12C. The second kappa shape index (κ2) is 15.9. The molecule has 4 rings (SSSR count). The van der Waals surface area contributed by atoms with Gasteiger partial charge in [-0.25, -0.2) is 0 Å². The molecule has 0 aromatic heterocycles. The number of fused-ring (bicyclic) bond motifs is 5. The number of methoxy groups -OCH3 is 1. The summed E-state index contributed by atoms with van der Waals surface area (Å²) < 4.78 is 4.94. The van der Waals surface area contributed by atoms with E-state index in [1.165, 1.54) is 84.2 Å². The van der Waals surface area contributed by atoms with Gasteiger partial charge in [0.2, 0.25) is 0 Å². The molecule has 0 bridgehead atoms. The molecule has 0 spiro atoms. The zero-order valence-corrected chi connectivity index (χ0v) is 27.3.